The Bertz CT molecular complexity index is 1210. The van der Waals surface area contributed by atoms with Gasteiger partial charge in [-0.3, -0.25) is 10.1 Å². The Balaban J connectivity index is 1.77. The molecule has 0 amide bonds. The number of ether oxygens (including phenoxy) is 2. The highest BCUT2D eigenvalue weighted by molar-refractivity contribution is 5.91. The van der Waals surface area contributed by atoms with Crippen LogP contribution < -0.4 is 15.0 Å². The molecule has 0 radical (unpaired) electrons. The molecule has 1 aliphatic rings. The van der Waals surface area contributed by atoms with E-state index in [1.54, 1.807) is 12.1 Å². The van der Waals surface area contributed by atoms with Crippen molar-refractivity contribution in [3.8, 4) is 5.75 Å². The molecule has 1 aliphatic carbocycles. The van der Waals surface area contributed by atoms with Gasteiger partial charge in [0.2, 0.25) is 24.1 Å². The summed E-state index contributed by atoms with van der Waals surface area (Å²) in [5.41, 5.74) is 0.558. The summed E-state index contributed by atoms with van der Waals surface area (Å²) in [6, 6.07) is 4.32. The van der Waals surface area contributed by atoms with E-state index >= 15 is 0 Å². The second kappa shape index (κ2) is 11.0. The van der Waals surface area contributed by atoms with Crippen LogP contribution in [0.5, 0.6) is 5.75 Å². The SMILES string of the molecule is CC[C@H](c1nnco1)N(c1nc(Nc2ccc(C(=O)OC)cc2OC)ncc1[N+](=O)[O-])C1CCCC1. The van der Waals surface area contributed by atoms with Gasteiger partial charge < -0.3 is 24.1 Å². The van der Waals surface area contributed by atoms with E-state index in [9.17, 15) is 14.9 Å². The molecule has 1 N–H and O–H groups in total. The van der Waals surface area contributed by atoms with E-state index in [1.807, 2.05) is 11.8 Å². The number of nitro groups is 1. The van der Waals surface area contributed by atoms with Crippen molar-refractivity contribution >= 4 is 29.1 Å². The van der Waals surface area contributed by atoms with E-state index in [1.165, 1.54) is 32.9 Å². The lowest BCUT2D eigenvalue weighted by Crippen LogP contribution is -2.38. The molecule has 1 fully saturated rings. The third-order valence-electron chi connectivity index (χ3n) is 6.16. The predicted octanol–water partition coefficient (Wildman–Crippen LogP) is 4.21. The number of anilines is 3. The molecule has 0 spiro atoms. The summed E-state index contributed by atoms with van der Waals surface area (Å²) in [6.07, 6.45) is 6.74. The zero-order chi connectivity index (χ0) is 25.7. The average Bonchev–Trinajstić information content (AvgIpc) is 3.61. The number of nitrogens with zero attached hydrogens (tertiary/aromatic N) is 6. The predicted molar refractivity (Wildman–Crippen MR) is 128 cm³/mol. The maximum Gasteiger partial charge on any atom is 0.337 e. The van der Waals surface area contributed by atoms with Gasteiger partial charge in [-0.15, -0.1) is 10.2 Å². The lowest BCUT2D eigenvalue weighted by atomic mass is 10.1. The van der Waals surface area contributed by atoms with Gasteiger partial charge in [0.1, 0.15) is 18.0 Å². The van der Waals surface area contributed by atoms with Crippen LogP contribution in [-0.4, -0.2) is 51.3 Å². The van der Waals surface area contributed by atoms with Gasteiger partial charge in [0.05, 0.1) is 30.4 Å². The van der Waals surface area contributed by atoms with Crippen molar-refractivity contribution in [1.82, 2.24) is 20.2 Å². The first kappa shape index (κ1) is 24.8. The van der Waals surface area contributed by atoms with E-state index in [0.717, 1.165) is 25.7 Å². The van der Waals surface area contributed by atoms with Gasteiger partial charge in [-0.2, -0.15) is 4.98 Å². The maximum atomic E-state index is 12.0. The summed E-state index contributed by atoms with van der Waals surface area (Å²) in [7, 11) is 2.75. The first-order chi connectivity index (χ1) is 17.5. The Morgan fingerprint density at radius 1 is 1.33 bits per heavy atom. The minimum Gasteiger partial charge on any atom is -0.495 e. The summed E-state index contributed by atoms with van der Waals surface area (Å²) >= 11 is 0. The van der Waals surface area contributed by atoms with Gasteiger partial charge in [-0.25, -0.2) is 9.78 Å². The molecule has 13 heteroatoms. The lowest BCUT2D eigenvalue weighted by molar-refractivity contribution is -0.384. The molecular weight excluding hydrogens is 470 g/mol. The zero-order valence-corrected chi connectivity index (χ0v) is 20.2. The number of hydrogen-bond acceptors (Lipinski definition) is 12. The van der Waals surface area contributed by atoms with Gasteiger partial charge in [-0.05, 0) is 37.5 Å². The van der Waals surface area contributed by atoms with Crippen LogP contribution in [0, 0.1) is 10.1 Å². The fraction of sp³-hybridized carbons (Fsp3) is 0.435. The van der Waals surface area contributed by atoms with Crippen molar-refractivity contribution in [2.24, 2.45) is 0 Å². The molecule has 13 nitrogen and oxygen atoms in total. The molecule has 190 valence electrons. The highest BCUT2D eigenvalue weighted by atomic mass is 16.6. The van der Waals surface area contributed by atoms with Gasteiger partial charge >= 0.3 is 11.7 Å². The Labute approximate surface area is 207 Å². The van der Waals surface area contributed by atoms with Crippen LogP contribution in [0.15, 0.2) is 35.2 Å². The monoisotopic (exact) mass is 497 g/mol. The topological polar surface area (TPSA) is 159 Å². The van der Waals surface area contributed by atoms with Crippen LogP contribution in [0.2, 0.25) is 0 Å². The molecule has 1 atom stereocenters. The third kappa shape index (κ3) is 5.04. The van der Waals surface area contributed by atoms with Crippen molar-refractivity contribution in [3.63, 3.8) is 0 Å². The number of rotatable bonds is 10. The van der Waals surface area contributed by atoms with E-state index in [4.69, 9.17) is 13.9 Å². The second-order valence-corrected chi connectivity index (χ2v) is 8.24. The summed E-state index contributed by atoms with van der Waals surface area (Å²) in [6.45, 7) is 1.96. The first-order valence-electron chi connectivity index (χ1n) is 11.6. The number of aromatic nitrogens is 4. The second-order valence-electron chi connectivity index (χ2n) is 8.24. The lowest BCUT2D eigenvalue weighted by Gasteiger charge is -2.34. The Morgan fingerprint density at radius 3 is 2.72 bits per heavy atom. The third-order valence-corrected chi connectivity index (χ3v) is 6.16. The Morgan fingerprint density at radius 2 is 2.11 bits per heavy atom. The summed E-state index contributed by atoms with van der Waals surface area (Å²) < 4.78 is 15.7. The fourth-order valence-electron chi connectivity index (χ4n) is 4.48. The standard InChI is InChI=1S/C23H27N7O6/c1-4-17(21-28-25-13-36-21)29(15-7-5-6-8-15)20-18(30(32)33)12-24-23(27-20)26-16-10-9-14(22(31)35-3)11-19(16)34-2/h9-13,15,17H,4-8H2,1-3H3,(H,24,26,27)/t17-/m1/s1. The number of hydrogen-bond donors (Lipinski definition) is 1. The van der Waals surface area contributed by atoms with Crippen molar-refractivity contribution in [3.05, 3.63) is 52.4 Å². The molecule has 0 bridgehead atoms. The van der Waals surface area contributed by atoms with E-state index in [-0.39, 0.29) is 23.5 Å². The molecule has 2 heterocycles. The normalized spacial score (nSPS) is 14.3. The van der Waals surface area contributed by atoms with Crippen LogP contribution in [0.3, 0.4) is 0 Å². The number of methoxy groups -OCH3 is 2. The minimum atomic E-state index is -0.507. The van der Waals surface area contributed by atoms with Crippen LogP contribution in [0.1, 0.15) is 61.3 Å². The van der Waals surface area contributed by atoms with Crippen LogP contribution >= 0.6 is 0 Å². The molecule has 0 unspecified atom stereocenters. The largest absolute Gasteiger partial charge is 0.495 e. The van der Waals surface area contributed by atoms with E-state index in [0.29, 0.717) is 29.3 Å². The van der Waals surface area contributed by atoms with Crippen molar-refractivity contribution in [2.75, 3.05) is 24.4 Å². The molecular formula is C23H27N7O6. The van der Waals surface area contributed by atoms with E-state index in [2.05, 4.69) is 25.5 Å². The number of nitrogens with one attached hydrogen (secondary N) is 1. The van der Waals surface area contributed by atoms with Crippen LogP contribution in [-0.2, 0) is 4.74 Å². The number of carbonyl (C=O) groups is 1. The van der Waals surface area contributed by atoms with Crippen LogP contribution in [0.4, 0.5) is 23.1 Å². The van der Waals surface area contributed by atoms with Crippen molar-refractivity contribution in [1.29, 1.82) is 0 Å². The van der Waals surface area contributed by atoms with Gasteiger partial charge in [0, 0.05) is 6.04 Å². The fourth-order valence-corrected chi connectivity index (χ4v) is 4.48. The Hall–Kier alpha value is -4.29. The maximum absolute atomic E-state index is 12.0. The summed E-state index contributed by atoms with van der Waals surface area (Å²) in [4.78, 5) is 34.1. The smallest absolute Gasteiger partial charge is 0.337 e. The minimum absolute atomic E-state index is 0.0113. The molecule has 0 saturated heterocycles. The molecule has 3 aromatic rings. The number of carbonyl (C=O) groups excluding carboxylic acids is 1. The van der Waals surface area contributed by atoms with Gasteiger partial charge in [-0.1, -0.05) is 19.8 Å². The van der Waals surface area contributed by atoms with Crippen molar-refractivity contribution in [2.45, 2.75) is 51.1 Å². The molecule has 1 saturated carbocycles. The molecule has 0 aliphatic heterocycles. The zero-order valence-electron chi connectivity index (χ0n) is 20.2. The Kier molecular flexibility index (Phi) is 7.56. The number of benzene rings is 1. The summed E-state index contributed by atoms with van der Waals surface area (Å²) in [5, 5.41) is 22.9. The quantitative estimate of drug-likeness (QED) is 0.242. The van der Waals surface area contributed by atoms with Gasteiger partial charge in [0.25, 0.3) is 0 Å². The van der Waals surface area contributed by atoms with E-state index < -0.39 is 16.9 Å². The molecule has 4 rings (SSSR count). The first-order valence-corrected chi connectivity index (χ1v) is 11.6. The highest BCUT2D eigenvalue weighted by Gasteiger charge is 2.37. The van der Waals surface area contributed by atoms with Crippen molar-refractivity contribution < 1.29 is 23.6 Å². The average molecular weight is 498 g/mol. The molecule has 36 heavy (non-hydrogen) atoms. The highest BCUT2D eigenvalue weighted by Crippen LogP contribution is 2.40. The van der Waals surface area contributed by atoms with Gasteiger partial charge in [0.15, 0.2) is 0 Å². The molecule has 2 aromatic heterocycles. The molecule has 1 aromatic carbocycles. The van der Waals surface area contributed by atoms with Crippen LogP contribution in [0.25, 0.3) is 0 Å². The summed E-state index contributed by atoms with van der Waals surface area (Å²) in [5.74, 6) is 0.508. The number of esters is 1.